The van der Waals surface area contributed by atoms with Crippen molar-refractivity contribution >= 4 is 17.4 Å². The van der Waals surface area contributed by atoms with Gasteiger partial charge >= 0.3 is 0 Å². The summed E-state index contributed by atoms with van der Waals surface area (Å²) in [5.74, 6) is 1.04. The van der Waals surface area contributed by atoms with Crippen LogP contribution in [0.3, 0.4) is 0 Å². The van der Waals surface area contributed by atoms with E-state index in [0.717, 1.165) is 11.3 Å². The zero-order chi connectivity index (χ0) is 12.0. The summed E-state index contributed by atoms with van der Waals surface area (Å²) in [6.45, 7) is 2.78. The molecule has 0 saturated heterocycles. The Morgan fingerprint density at radius 3 is 2.94 bits per heavy atom. The molecule has 1 rings (SSSR count). The van der Waals surface area contributed by atoms with E-state index < -0.39 is 0 Å². The van der Waals surface area contributed by atoms with Gasteiger partial charge in [0.05, 0.1) is 4.92 Å². The third-order valence-corrected chi connectivity index (χ3v) is 3.03. The Kier molecular flexibility index (Phi) is 5.28. The Morgan fingerprint density at radius 1 is 1.56 bits per heavy atom. The molecule has 0 bridgehead atoms. The van der Waals surface area contributed by atoms with Crippen molar-refractivity contribution in [2.24, 2.45) is 0 Å². The first-order chi connectivity index (χ1) is 7.63. The van der Waals surface area contributed by atoms with E-state index >= 15 is 0 Å². The van der Waals surface area contributed by atoms with Gasteiger partial charge in [-0.25, -0.2) is 0 Å². The molecule has 1 atom stereocenters. The minimum absolute atomic E-state index is 0.150. The fraction of sp³-hybridized carbons (Fsp3) is 0.455. The van der Waals surface area contributed by atoms with E-state index in [2.05, 4.69) is 18.5 Å². The molecule has 0 heterocycles. The lowest BCUT2D eigenvalue weighted by Crippen LogP contribution is -2.27. The lowest BCUT2D eigenvalue weighted by atomic mass is 10.2. The summed E-state index contributed by atoms with van der Waals surface area (Å²) < 4.78 is 0. The molecule has 5 heteroatoms. The molecule has 0 aliphatic carbocycles. The largest absolute Gasteiger partial charge is 0.309 e. The molecular formula is C11H16N2O2S. The summed E-state index contributed by atoms with van der Waals surface area (Å²) in [4.78, 5) is 10.2. The summed E-state index contributed by atoms with van der Waals surface area (Å²) in [6.07, 6.45) is 2.06. The highest BCUT2D eigenvalue weighted by Crippen LogP contribution is 2.13. The Bertz CT molecular complexity index is 358. The molecule has 0 amide bonds. The Hall–Kier alpha value is -1.07. The van der Waals surface area contributed by atoms with Crippen molar-refractivity contribution in [1.82, 2.24) is 5.32 Å². The number of hydrogen-bond donors (Lipinski definition) is 1. The molecule has 1 unspecified atom stereocenters. The average molecular weight is 240 g/mol. The number of nitro benzene ring substituents is 1. The van der Waals surface area contributed by atoms with Crippen LogP contribution in [-0.2, 0) is 6.54 Å². The zero-order valence-electron chi connectivity index (χ0n) is 9.47. The van der Waals surface area contributed by atoms with Crippen LogP contribution in [0, 0.1) is 10.1 Å². The topological polar surface area (TPSA) is 55.2 Å². The molecular weight excluding hydrogens is 224 g/mol. The van der Waals surface area contributed by atoms with E-state index in [-0.39, 0.29) is 10.6 Å². The second kappa shape index (κ2) is 6.50. The number of thioether (sulfide) groups is 1. The second-order valence-corrected chi connectivity index (χ2v) is 4.57. The van der Waals surface area contributed by atoms with Crippen molar-refractivity contribution in [3.8, 4) is 0 Å². The third kappa shape index (κ3) is 4.20. The highest BCUT2D eigenvalue weighted by molar-refractivity contribution is 7.98. The molecule has 0 aliphatic rings. The summed E-state index contributed by atoms with van der Waals surface area (Å²) in [6, 6.07) is 7.14. The van der Waals surface area contributed by atoms with Crippen LogP contribution in [0.15, 0.2) is 24.3 Å². The molecule has 0 fully saturated rings. The maximum atomic E-state index is 10.6. The van der Waals surface area contributed by atoms with Crippen LogP contribution >= 0.6 is 11.8 Å². The fourth-order valence-corrected chi connectivity index (χ4v) is 2.00. The predicted molar refractivity (Wildman–Crippen MR) is 67.8 cm³/mol. The van der Waals surface area contributed by atoms with E-state index in [9.17, 15) is 10.1 Å². The monoisotopic (exact) mass is 240 g/mol. The maximum absolute atomic E-state index is 10.6. The molecule has 1 N–H and O–H groups in total. The molecule has 88 valence electrons. The van der Waals surface area contributed by atoms with Gasteiger partial charge in [0.25, 0.3) is 5.69 Å². The smallest absolute Gasteiger partial charge is 0.269 e. The van der Waals surface area contributed by atoms with E-state index in [1.807, 2.05) is 6.07 Å². The Balaban J connectivity index is 2.54. The first-order valence-electron chi connectivity index (χ1n) is 5.09. The number of nitro groups is 1. The summed E-state index contributed by atoms with van der Waals surface area (Å²) >= 11 is 1.78. The fourth-order valence-electron chi connectivity index (χ4n) is 1.38. The molecule has 1 aromatic rings. The van der Waals surface area contributed by atoms with Gasteiger partial charge in [0, 0.05) is 30.5 Å². The average Bonchev–Trinajstić information content (AvgIpc) is 2.27. The number of nitrogens with one attached hydrogen (secondary N) is 1. The van der Waals surface area contributed by atoms with Crippen molar-refractivity contribution in [1.29, 1.82) is 0 Å². The SMILES string of the molecule is CSCC(C)NCc1cccc([N+](=O)[O-])c1. The standard InChI is InChI=1S/C11H16N2O2S/c1-9(8-16-2)12-7-10-4-3-5-11(6-10)13(14)15/h3-6,9,12H,7-8H2,1-2H3. The van der Waals surface area contributed by atoms with Crippen LogP contribution in [0.4, 0.5) is 5.69 Å². The Labute approximate surface area is 99.6 Å². The minimum Gasteiger partial charge on any atom is -0.309 e. The number of rotatable bonds is 6. The molecule has 16 heavy (non-hydrogen) atoms. The van der Waals surface area contributed by atoms with Gasteiger partial charge in [-0.3, -0.25) is 10.1 Å². The highest BCUT2D eigenvalue weighted by atomic mass is 32.2. The molecule has 1 aromatic carbocycles. The van der Waals surface area contributed by atoms with E-state index in [1.165, 1.54) is 6.07 Å². The highest BCUT2D eigenvalue weighted by Gasteiger charge is 2.06. The molecule has 0 radical (unpaired) electrons. The van der Waals surface area contributed by atoms with Gasteiger partial charge in [0.15, 0.2) is 0 Å². The Morgan fingerprint density at radius 2 is 2.31 bits per heavy atom. The van der Waals surface area contributed by atoms with Crippen molar-refractivity contribution in [2.75, 3.05) is 12.0 Å². The quantitative estimate of drug-likeness (QED) is 0.613. The van der Waals surface area contributed by atoms with E-state index in [4.69, 9.17) is 0 Å². The zero-order valence-corrected chi connectivity index (χ0v) is 10.3. The van der Waals surface area contributed by atoms with Gasteiger partial charge < -0.3 is 5.32 Å². The van der Waals surface area contributed by atoms with Crippen molar-refractivity contribution in [3.63, 3.8) is 0 Å². The van der Waals surface area contributed by atoms with Crippen LogP contribution in [0.1, 0.15) is 12.5 Å². The van der Waals surface area contributed by atoms with Crippen molar-refractivity contribution < 1.29 is 4.92 Å². The van der Waals surface area contributed by atoms with Gasteiger partial charge in [-0.15, -0.1) is 0 Å². The lowest BCUT2D eigenvalue weighted by molar-refractivity contribution is -0.384. The molecule has 0 spiro atoms. The summed E-state index contributed by atoms with van der Waals surface area (Å²) in [5.41, 5.74) is 1.10. The van der Waals surface area contributed by atoms with Gasteiger partial charge in [0.1, 0.15) is 0 Å². The third-order valence-electron chi connectivity index (χ3n) is 2.19. The molecule has 0 saturated carbocycles. The van der Waals surface area contributed by atoms with Gasteiger partial charge in [-0.2, -0.15) is 11.8 Å². The normalized spacial score (nSPS) is 12.4. The molecule has 4 nitrogen and oxygen atoms in total. The van der Waals surface area contributed by atoms with Gasteiger partial charge in [0.2, 0.25) is 0 Å². The van der Waals surface area contributed by atoms with Crippen molar-refractivity contribution in [2.45, 2.75) is 19.5 Å². The van der Waals surface area contributed by atoms with E-state index in [1.54, 1.807) is 23.9 Å². The van der Waals surface area contributed by atoms with Crippen LogP contribution in [0.25, 0.3) is 0 Å². The molecule has 0 aliphatic heterocycles. The van der Waals surface area contributed by atoms with Crippen LogP contribution in [-0.4, -0.2) is 23.0 Å². The predicted octanol–water partition coefficient (Wildman–Crippen LogP) is 2.44. The van der Waals surface area contributed by atoms with Crippen molar-refractivity contribution in [3.05, 3.63) is 39.9 Å². The molecule has 0 aromatic heterocycles. The number of hydrogen-bond acceptors (Lipinski definition) is 4. The van der Waals surface area contributed by atoms with E-state index in [0.29, 0.717) is 12.6 Å². The minimum atomic E-state index is -0.366. The van der Waals surface area contributed by atoms with Gasteiger partial charge in [-0.05, 0) is 18.7 Å². The lowest BCUT2D eigenvalue weighted by Gasteiger charge is -2.11. The van der Waals surface area contributed by atoms with Crippen LogP contribution in [0.5, 0.6) is 0 Å². The van der Waals surface area contributed by atoms with Crippen LogP contribution in [0.2, 0.25) is 0 Å². The number of benzene rings is 1. The first kappa shape index (κ1) is 13.0. The summed E-state index contributed by atoms with van der Waals surface area (Å²) in [5, 5.41) is 13.9. The first-order valence-corrected chi connectivity index (χ1v) is 6.48. The van der Waals surface area contributed by atoms with Gasteiger partial charge in [-0.1, -0.05) is 12.1 Å². The number of non-ortho nitro benzene ring substituents is 1. The number of nitrogens with zero attached hydrogens (tertiary/aromatic N) is 1. The maximum Gasteiger partial charge on any atom is 0.269 e. The summed E-state index contributed by atoms with van der Waals surface area (Å²) in [7, 11) is 0. The second-order valence-electron chi connectivity index (χ2n) is 3.66. The van der Waals surface area contributed by atoms with Crippen LogP contribution < -0.4 is 5.32 Å².